The summed E-state index contributed by atoms with van der Waals surface area (Å²) in [5.41, 5.74) is 3.40. The minimum atomic E-state index is 0.239. The van der Waals surface area contributed by atoms with Crippen molar-refractivity contribution < 1.29 is 5.11 Å². The predicted octanol–water partition coefficient (Wildman–Crippen LogP) is 1.81. The normalized spacial score (nSPS) is 10.9. The first-order valence-electron chi connectivity index (χ1n) is 5.21. The van der Waals surface area contributed by atoms with E-state index in [1.807, 2.05) is 25.1 Å². The first-order chi connectivity index (χ1) is 8.24. The quantitative estimate of drug-likeness (QED) is 0.687. The van der Waals surface area contributed by atoms with E-state index in [-0.39, 0.29) is 5.75 Å². The van der Waals surface area contributed by atoms with Gasteiger partial charge in [0.25, 0.3) is 0 Å². The molecule has 0 fully saturated rings. The third kappa shape index (κ3) is 1.61. The van der Waals surface area contributed by atoms with Gasteiger partial charge in [-0.05, 0) is 31.2 Å². The molecule has 0 amide bonds. The van der Waals surface area contributed by atoms with Crippen molar-refractivity contribution in [2.45, 2.75) is 6.92 Å². The number of phenols is 1. The Balaban J connectivity index is 2.26. The molecule has 0 atom stereocenters. The van der Waals surface area contributed by atoms with Crippen LogP contribution in [0.1, 0.15) is 5.69 Å². The number of rotatable bonds is 1. The summed E-state index contributed by atoms with van der Waals surface area (Å²) >= 11 is 0. The predicted molar refractivity (Wildman–Crippen MR) is 62.6 cm³/mol. The molecule has 0 radical (unpaired) electrons. The number of aromatic hydroxyl groups is 1. The average molecular weight is 226 g/mol. The Morgan fingerprint density at radius 1 is 1.18 bits per heavy atom. The molecule has 5 nitrogen and oxygen atoms in total. The molecular formula is C12H10N4O. The molecule has 0 aliphatic carbocycles. The van der Waals surface area contributed by atoms with Crippen molar-refractivity contribution in [3.8, 4) is 17.0 Å². The number of benzene rings is 1. The summed E-state index contributed by atoms with van der Waals surface area (Å²) in [6.45, 7) is 1.91. The zero-order chi connectivity index (χ0) is 11.8. The van der Waals surface area contributed by atoms with Crippen LogP contribution in [-0.4, -0.2) is 24.9 Å². The van der Waals surface area contributed by atoms with Crippen LogP contribution in [-0.2, 0) is 0 Å². The highest BCUT2D eigenvalue weighted by molar-refractivity contribution is 5.62. The molecule has 5 heteroatoms. The lowest BCUT2D eigenvalue weighted by Crippen LogP contribution is -1.97. The Morgan fingerprint density at radius 2 is 1.94 bits per heavy atom. The van der Waals surface area contributed by atoms with Crippen molar-refractivity contribution in [2.75, 3.05) is 0 Å². The van der Waals surface area contributed by atoms with E-state index in [0.717, 1.165) is 17.0 Å². The van der Waals surface area contributed by atoms with E-state index in [9.17, 15) is 5.11 Å². The summed E-state index contributed by atoms with van der Waals surface area (Å²) < 4.78 is 1.74. The van der Waals surface area contributed by atoms with Crippen molar-refractivity contribution in [3.63, 3.8) is 0 Å². The molecule has 84 valence electrons. The van der Waals surface area contributed by atoms with Crippen molar-refractivity contribution >= 4 is 5.65 Å². The van der Waals surface area contributed by atoms with Gasteiger partial charge < -0.3 is 5.11 Å². The summed E-state index contributed by atoms with van der Waals surface area (Å²) in [4.78, 5) is 0. The Morgan fingerprint density at radius 3 is 2.71 bits per heavy atom. The van der Waals surface area contributed by atoms with Crippen LogP contribution in [0.5, 0.6) is 5.75 Å². The second-order valence-corrected chi connectivity index (χ2v) is 3.83. The topological polar surface area (TPSA) is 63.3 Å². The smallest absolute Gasteiger partial charge is 0.178 e. The van der Waals surface area contributed by atoms with Gasteiger partial charge in [-0.15, -0.1) is 5.10 Å². The van der Waals surface area contributed by atoms with Gasteiger partial charge in [0, 0.05) is 11.6 Å². The number of hydrogen-bond donors (Lipinski definition) is 1. The zero-order valence-electron chi connectivity index (χ0n) is 9.20. The molecule has 0 bridgehead atoms. The third-order valence-electron chi connectivity index (χ3n) is 2.54. The van der Waals surface area contributed by atoms with E-state index in [4.69, 9.17) is 0 Å². The second-order valence-electron chi connectivity index (χ2n) is 3.83. The van der Waals surface area contributed by atoms with Crippen LogP contribution in [0.3, 0.4) is 0 Å². The molecule has 0 spiro atoms. The number of aryl methyl sites for hydroxylation is 1. The SMILES string of the molecule is Cc1cc2nncc(-c3ccc(O)cc3)n2n1. The lowest BCUT2D eigenvalue weighted by Gasteiger charge is -2.03. The van der Waals surface area contributed by atoms with Gasteiger partial charge >= 0.3 is 0 Å². The first-order valence-corrected chi connectivity index (χ1v) is 5.21. The fourth-order valence-corrected chi connectivity index (χ4v) is 1.76. The molecule has 2 heterocycles. The molecule has 2 aromatic heterocycles. The molecule has 3 rings (SSSR count). The van der Waals surface area contributed by atoms with Crippen LogP contribution in [0, 0.1) is 6.92 Å². The Hall–Kier alpha value is -2.43. The van der Waals surface area contributed by atoms with Crippen LogP contribution >= 0.6 is 0 Å². The highest BCUT2D eigenvalue weighted by atomic mass is 16.3. The van der Waals surface area contributed by atoms with Gasteiger partial charge in [0.05, 0.1) is 17.6 Å². The molecule has 0 aliphatic heterocycles. The van der Waals surface area contributed by atoms with Gasteiger partial charge in [0.2, 0.25) is 0 Å². The van der Waals surface area contributed by atoms with Crippen molar-refractivity contribution in [1.82, 2.24) is 19.8 Å². The maximum atomic E-state index is 9.27. The van der Waals surface area contributed by atoms with Gasteiger partial charge in [-0.3, -0.25) is 0 Å². The molecule has 1 aromatic carbocycles. The van der Waals surface area contributed by atoms with E-state index >= 15 is 0 Å². The number of hydrogen-bond acceptors (Lipinski definition) is 4. The van der Waals surface area contributed by atoms with Crippen molar-refractivity contribution in [1.29, 1.82) is 0 Å². The number of aromatic nitrogens is 4. The van der Waals surface area contributed by atoms with E-state index in [2.05, 4.69) is 15.3 Å². The van der Waals surface area contributed by atoms with Gasteiger partial charge in [-0.2, -0.15) is 10.2 Å². The second kappa shape index (κ2) is 3.55. The largest absolute Gasteiger partial charge is 0.508 e. The maximum absolute atomic E-state index is 9.27. The van der Waals surface area contributed by atoms with E-state index < -0.39 is 0 Å². The van der Waals surface area contributed by atoms with Crippen LogP contribution in [0.25, 0.3) is 16.9 Å². The Bertz CT molecular complexity index is 673. The molecular weight excluding hydrogens is 216 g/mol. The third-order valence-corrected chi connectivity index (χ3v) is 2.54. The standard InChI is InChI=1S/C12H10N4O/c1-8-6-12-14-13-7-11(16(12)15-8)9-2-4-10(17)5-3-9/h2-7,17H,1H3. The number of nitrogens with zero attached hydrogens (tertiary/aromatic N) is 4. The zero-order valence-corrected chi connectivity index (χ0v) is 9.20. The first kappa shape index (κ1) is 9.77. The van der Waals surface area contributed by atoms with Crippen LogP contribution in [0.2, 0.25) is 0 Å². The minimum Gasteiger partial charge on any atom is -0.508 e. The van der Waals surface area contributed by atoms with Crippen molar-refractivity contribution in [3.05, 3.63) is 42.2 Å². The average Bonchev–Trinajstić information content (AvgIpc) is 2.70. The van der Waals surface area contributed by atoms with E-state index in [1.165, 1.54) is 0 Å². The summed E-state index contributed by atoms with van der Waals surface area (Å²) in [5.74, 6) is 0.239. The Labute approximate surface area is 97.4 Å². The highest BCUT2D eigenvalue weighted by Gasteiger charge is 2.07. The summed E-state index contributed by atoms with van der Waals surface area (Å²) in [5, 5.41) is 21.6. The molecule has 3 aromatic rings. The van der Waals surface area contributed by atoms with E-state index in [0.29, 0.717) is 5.65 Å². The van der Waals surface area contributed by atoms with Gasteiger partial charge in [-0.1, -0.05) is 0 Å². The summed E-state index contributed by atoms with van der Waals surface area (Å²) in [6.07, 6.45) is 1.66. The maximum Gasteiger partial charge on any atom is 0.178 e. The fourth-order valence-electron chi connectivity index (χ4n) is 1.76. The van der Waals surface area contributed by atoms with E-state index in [1.54, 1.807) is 22.8 Å². The highest BCUT2D eigenvalue weighted by Crippen LogP contribution is 2.21. The molecule has 17 heavy (non-hydrogen) atoms. The molecule has 0 aliphatic rings. The molecule has 0 unspecified atom stereocenters. The van der Waals surface area contributed by atoms with Gasteiger partial charge in [0.1, 0.15) is 5.75 Å². The fraction of sp³-hybridized carbons (Fsp3) is 0.0833. The van der Waals surface area contributed by atoms with Crippen LogP contribution in [0.4, 0.5) is 0 Å². The number of fused-ring (bicyclic) bond motifs is 1. The van der Waals surface area contributed by atoms with Gasteiger partial charge in [-0.25, -0.2) is 4.52 Å². The van der Waals surface area contributed by atoms with Crippen LogP contribution < -0.4 is 0 Å². The Kier molecular flexibility index (Phi) is 2.04. The minimum absolute atomic E-state index is 0.239. The molecule has 0 saturated heterocycles. The summed E-state index contributed by atoms with van der Waals surface area (Å²) in [7, 11) is 0. The lowest BCUT2D eigenvalue weighted by atomic mass is 10.1. The monoisotopic (exact) mass is 226 g/mol. The lowest BCUT2D eigenvalue weighted by molar-refractivity contribution is 0.475. The summed E-state index contributed by atoms with van der Waals surface area (Å²) in [6, 6.07) is 8.79. The number of phenolic OH excluding ortho intramolecular Hbond substituents is 1. The van der Waals surface area contributed by atoms with Gasteiger partial charge in [0.15, 0.2) is 5.65 Å². The molecule has 1 N–H and O–H groups in total. The van der Waals surface area contributed by atoms with Crippen molar-refractivity contribution in [2.24, 2.45) is 0 Å². The molecule has 0 saturated carbocycles. The van der Waals surface area contributed by atoms with Crippen LogP contribution in [0.15, 0.2) is 36.5 Å².